The van der Waals surface area contributed by atoms with Crippen LogP contribution in [0.2, 0.25) is 0 Å². The second-order valence-corrected chi connectivity index (χ2v) is 5.67. The van der Waals surface area contributed by atoms with E-state index in [1.165, 1.54) is 11.3 Å². The van der Waals surface area contributed by atoms with Crippen LogP contribution < -0.4 is 5.32 Å². The van der Waals surface area contributed by atoms with Gasteiger partial charge in [-0.1, -0.05) is 6.92 Å². The molecule has 94 valence electrons. The van der Waals surface area contributed by atoms with Gasteiger partial charge in [0.25, 0.3) is 0 Å². The van der Waals surface area contributed by atoms with E-state index in [2.05, 4.69) is 12.2 Å². The first kappa shape index (κ1) is 14.1. The van der Waals surface area contributed by atoms with Crippen molar-refractivity contribution in [3.63, 3.8) is 0 Å². The molecule has 0 aliphatic carbocycles. The number of carboxylic acid groups (broad SMARTS) is 1. The van der Waals surface area contributed by atoms with Crippen LogP contribution in [0.5, 0.6) is 0 Å². The van der Waals surface area contributed by atoms with Crippen LogP contribution in [0.15, 0.2) is 12.1 Å². The number of thiophene rings is 1. The Morgan fingerprint density at radius 1 is 1.47 bits per heavy atom. The summed E-state index contributed by atoms with van der Waals surface area (Å²) in [6.07, 6.45) is 1.06. The Kier molecular flexibility index (Phi) is 6.07. The van der Waals surface area contributed by atoms with Crippen LogP contribution in [0.25, 0.3) is 0 Å². The molecule has 6 heteroatoms. The molecule has 1 rings (SSSR count). The predicted molar refractivity (Wildman–Crippen MR) is 70.7 cm³/mol. The topological polar surface area (TPSA) is 66.4 Å². The third-order valence-electron chi connectivity index (χ3n) is 1.91. The number of carboxylic acids is 1. The SMILES string of the molecule is CCCSCC(=O)NCc1ccc(C(=O)O)s1. The molecule has 1 heterocycles. The molecule has 0 saturated heterocycles. The monoisotopic (exact) mass is 273 g/mol. The van der Waals surface area contributed by atoms with Gasteiger partial charge in [0, 0.05) is 4.88 Å². The third-order valence-corrected chi connectivity index (χ3v) is 4.15. The van der Waals surface area contributed by atoms with E-state index in [4.69, 9.17) is 5.11 Å². The summed E-state index contributed by atoms with van der Waals surface area (Å²) in [6.45, 7) is 2.48. The van der Waals surface area contributed by atoms with E-state index >= 15 is 0 Å². The summed E-state index contributed by atoms with van der Waals surface area (Å²) >= 11 is 2.79. The minimum atomic E-state index is -0.925. The lowest BCUT2D eigenvalue weighted by Gasteiger charge is -2.02. The number of hydrogen-bond donors (Lipinski definition) is 2. The Morgan fingerprint density at radius 2 is 2.24 bits per heavy atom. The summed E-state index contributed by atoms with van der Waals surface area (Å²) in [5.74, 6) is 0.514. The maximum atomic E-state index is 11.4. The van der Waals surface area contributed by atoms with E-state index in [0.29, 0.717) is 17.2 Å². The molecule has 17 heavy (non-hydrogen) atoms. The van der Waals surface area contributed by atoms with Crippen LogP contribution in [0.4, 0.5) is 0 Å². The lowest BCUT2D eigenvalue weighted by Crippen LogP contribution is -2.24. The smallest absolute Gasteiger partial charge is 0.345 e. The van der Waals surface area contributed by atoms with E-state index in [-0.39, 0.29) is 5.91 Å². The van der Waals surface area contributed by atoms with Gasteiger partial charge in [0.2, 0.25) is 5.91 Å². The number of amides is 1. The third kappa shape index (κ3) is 5.23. The molecule has 2 N–H and O–H groups in total. The lowest BCUT2D eigenvalue weighted by atomic mass is 10.4. The van der Waals surface area contributed by atoms with Crippen molar-refractivity contribution in [3.05, 3.63) is 21.9 Å². The molecule has 1 aromatic rings. The average Bonchev–Trinajstić information content (AvgIpc) is 2.75. The van der Waals surface area contributed by atoms with Gasteiger partial charge >= 0.3 is 5.97 Å². The van der Waals surface area contributed by atoms with E-state index in [1.54, 1.807) is 23.9 Å². The molecule has 0 fully saturated rings. The number of aromatic carboxylic acids is 1. The minimum absolute atomic E-state index is 0.00581. The fourth-order valence-corrected chi connectivity index (χ4v) is 2.64. The molecule has 0 aliphatic rings. The summed E-state index contributed by atoms with van der Waals surface area (Å²) < 4.78 is 0. The molecular weight excluding hydrogens is 258 g/mol. The standard InChI is InChI=1S/C11H15NO3S2/c1-2-5-16-7-10(13)12-6-8-3-4-9(17-8)11(14)15/h3-4H,2,5-7H2,1H3,(H,12,13)(H,14,15). The van der Waals surface area contributed by atoms with Crippen molar-refractivity contribution in [2.24, 2.45) is 0 Å². The van der Waals surface area contributed by atoms with Crippen LogP contribution in [-0.4, -0.2) is 28.5 Å². The fraction of sp³-hybridized carbons (Fsp3) is 0.455. The summed E-state index contributed by atoms with van der Waals surface area (Å²) in [7, 11) is 0. The Hall–Kier alpha value is -1.01. The molecule has 0 aromatic carbocycles. The van der Waals surface area contributed by atoms with Crippen molar-refractivity contribution < 1.29 is 14.7 Å². The van der Waals surface area contributed by atoms with Crippen LogP contribution >= 0.6 is 23.1 Å². The van der Waals surface area contributed by atoms with Gasteiger partial charge in [-0.25, -0.2) is 4.79 Å². The summed E-state index contributed by atoms with van der Waals surface area (Å²) in [6, 6.07) is 3.29. The molecule has 0 saturated carbocycles. The highest BCUT2D eigenvalue weighted by Gasteiger charge is 2.07. The number of thioether (sulfide) groups is 1. The molecule has 1 aromatic heterocycles. The number of rotatable bonds is 7. The van der Waals surface area contributed by atoms with E-state index in [0.717, 1.165) is 17.1 Å². The normalized spacial score (nSPS) is 10.2. The molecular formula is C11H15NO3S2. The highest BCUT2D eigenvalue weighted by Crippen LogP contribution is 2.16. The second kappa shape index (κ2) is 7.34. The van der Waals surface area contributed by atoms with Crippen molar-refractivity contribution in [2.75, 3.05) is 11.5 Å². The fourth-order valence-electron chi connectivity index (χ4n) is 1.13. The second-order valence-electron chi connectivity index (χ2n) is 3.40. The first-order chi connectivity index (χ1) is 8.13. The minimum Gasteiger partial charge on any atom is -0.477 e. The molecule has 0 unspecified atom stereocenters. The maximum absolute atomic E-state index is 11.4. The van der Waals surface area contributed by atoms with Crippen LogP contribution in [-0.2, 0) is 11.3 Å². The number of carbonyl (C=O) groups is 2. The van der Waals surface area contributed by atoms with Crippen molar-refractivity contribution in [1.82, 2.24) is 5.32 Å². The zero-order chi connectivity index (χ0) is 12.7. The number of nitrogens with one attached hydrogen (secondary N) is 1. The lowest BCUT2D eigenvalue weighted by molar-refractivity contribution is -0.118. The zero-order valence-corrected chi connectivity index (χ0v) is 11.2. The van der Waals surface area contributed by atoms with E-state index in [9.17, 15) is 9.59 Å². The zero-order valence-electron chi connectivity index (χ0n) is 9.56. The van der Waals surface area contributed by atoms with Crippen molar-refractivity contribution in [1.29, 1.82) is 0 Å². The number of hydrogen-bond acceptors (Lipinski definition) is 4. The summed E-state index contributed by atoms with van der Waals surface area (Å²) in [5, 5.41) is 11.5. The quantitative estimate of drug-likeness (QED) is 0.747. The van der Waals surface area contributed by atoms with Crippen LogP contribution in [0, 0.1) is 0 Å². The van der Waals surface area contributed by atoms with Gasteiger partial charge in [-0.2, -0.15) is 11.8 Å². The Labute approximate surface area is 108 Å². The van der Waals surface area contributed by atoms with Gasteiger partial charge in [0.15, 0.2) is 0 Å². The van der Waals surface area contributed by atoms with Gasteiger partial charge < -0.3 is 10.4 Å². The Morgan fingerprint density at radius 3 is 2.82 bits per heavy atom. The maximum Gasteiger partial charge on any atom is 0.345 e. The van der Waals surface area contributed by atoms with Gasteiger partial charge in [-0.15, -0.1) is 11.3 Å². The van der Waals surface area contributed by atoms with Gasteiger partial charge in [-0.05, 0) is 24.3 Å². The van der Waals surface area contributed by atoms with Crippen molar-refractivity contribution >= 4 is 35.0 Å². The van der Waals surface area contributed by atoms with Gasteiger partial charge in [0.1, 0.15) is 4.88 Å². The average molecular weight is 273 g/mol. The molecule has 4 nitrogen and oxygen atoms in total. The first-order valence-corrected chi connectivity index (χ1v) is 7.27. The number of carbonyl (C=O) groups excluding carboxylic acids is 1. The molecule has 0 spiro atoms. The van der Waals surface area contributed by atoms with Crippen molar-refractivity contribution in [3.8, 4) is 0 Å². The first-order valence-electron chi connectivity index (χ1n) is 5.30. The van der Waals surface area contributed by atoms with E-state index in [1.807, 2.05) is 0 Å². The predicted octanol–water partition coefficient (Wildman–Crippen LogP) is 2.21. The molecule has 0 bridgehead atoms. The van der Waals surface area contributed by atoms with Gasteiger partial charge in [-0.3, -0.25) is 4.79 Å². The van der Waals surface area contributed by atoms with Crippen LogP contribution in [0.1, 0.15) is 27.9 Å². The van der Waals surface area contributed by atoms with Crippen molar-refractivity contribution in [2.45, 2.75) is 19.9 Å². The van der Waals surface area contributed by atoms with Crippen LogP contribution in [0.3, 0.4) is 0 Å². The highest BCUT2D eigenvalue weighted by atomic mass is 32.2. The van der Waals surface area contributed by atoms with Gasteiger partial charge in [0.05, 0.1) is 12.3 Å². The summed E-state index contributed by atoms with van der Waals surface area (Å²) in [5.41, 5.74) is 0. The molecule has 0 aliphatic heterocycles. The Bertz CT molecular complexity index is 390. The largest absolute Gasteiger partial charge is 0.477 e. The summed E-state index contributed by atoms with van der Waals surface area (Å²) in [4.78, 5) is 23.2. The molecule has 0 radical (unpaired) electrons. The highest BCUT2D eigenvalue weighted by molar-refractivity contribution is 7.99. The molecule has 0 atom stereocenters. The van der Waals surface area contributed by atoms with E-state index < -0.39 is 5.97 Å². The molecule has 1 amide bonds. The Balaban J connectivity index is 2.29.